The van der Waals surface area contributed by atoms with Gasteiger partial charge in [0.15, 0.2) is 0 Å². The van der Waals surface area contributed by atoms with Crippen molar-refractivity contribution in [3.05, 3.63) is 72.6 Å². The molecule has 0 saturated carbocycles. The number of aromatic nitrogens is 2. The van der Waals surface area contributed by atoms with E-state index in [0.717, 1.165) is 27.8 Å². The van der Waals surface area contributed by atoms with Crippen molar-refractivity contribution in [3.63, 3.8) is 0 Å². The summed E-state index contributed by atoms with van der Waals surface area (Å²) in [6.07, 6.45) is 6.41. The average Bonchev–Trinajstić information content (AvgIpc) is 3.14. The topological polar surface area (TPSA) is 64.2 Å². The number of carbonyl (C=O) groups excluding carboxylic acids is 1. The molecule has 0 bridgehead atoms. The molecule has 1 aromatic carbocycles. The largest absolute Gasteiger partial charge is 0.351 e. The van der Waals surface area contributed by atoms with Crippen LogP contribution in [-0.2, 0) is 0 Å². The van der Waals surface area contributed by atoms with Gasteiger partial charge in [-0.3, -0.25) is 4.90 Å². The molecule has 0 aliphatic carbocycles. The Hall–Kier alpha value is -3.08. The van der Waals surface area contributed by atoms with Gasteiger partial charge in [0.25, 0.3) is 0 Å². The monoisotopic (exact) mass is 404 g/mol. The number of pyridine rings is 1. The van der Waals surface area contributed by atoms with Gasteiger partial charge in [0.2, 0.25) is 0 Å². The highest BCUT2D eigenvalue weighted by atomic mass is 16.2. The Balaban J connectivity index is 2.11. The normalized spacial score (nSPS) is 12.5. The number of amides is 2. The number of nitrogens with zero attached hydrogens (tertiary/aromatic N) is 3. The molecule has 2 amide bonds. The van der Waals surface area contributed by atoms with E-state index in [1.165, 1.54) is 0 Å². The molecule has 2 aromatic heterocycles. The van der Waals surface area contributed by atoms with Crippen molar-refractivity contribution in [2.75, 3.05) is 11.4 Å². The van der Waals surface area contributed by atoms with Crippen LogP contribution in [0.4, 0.5) is 10.5 Å². The fourth-order valence-electron chi connectivity index (χ4n) is 4.08. The molecule has 30 heavy (non-hydrogen) atoms. The lowest BCUT2D eigenvalue weighted by Gasteiger charge is -2.32. The summed E-state index contributed by atoms with van der Waals surface area (Å²) in [6.45, 7) is 13.0. The fraction of sp³-hybridized carbons (Fsp3) is 0.360. The van der Waals surface area contributed by atoms with Gasteiger partial charge in [-0.25, -0.2) is 9.78 Å². The average molecular weight is 405 g/mol. The Morgan fingerprint density at radius 2 is 1.80 bits per heavy atom. The Morgan fingerprint density at radius 3 is 2.37 bits per heavy atom. The fourth-order valence-corrected chi connectivity index (χ4v) is 4.08. The highest BCUT2D eigenvalue weighted by Gasteiger charge is 2.26. The summed E-state index contributed by atoms with van der Waals surface area (Å²) in [5.41, 5.74) is 10.1. The highest BCUT2D eigenvalue weighted by molar-refractivity contribution is 5.93. The molecule has 0 fully saturated rings. The number of carbonyl (C=O) groups is 1. The zero-order valence-corrected chi connectivity index (χ0v) is 18.4. The second-order valence-electron chi connectivity index (χ2n) is 8.36. The molecule has 0 radical (unpaired) electrons. The van der Waals surface area contributed by atoms with Crippen LogP contribution in [0.5, 0.6) is 0 Å². The minimum absolute atomic E-state index is 0.0253. The zero-order chi connectivity index (χ0) is 21.8. The number of rotatable bonds is 8. The number of anilines is 1. The van der Waals surface area contributed by atoms with Crippen molar-refractivity contribution in [2.45, 2.75) is 52.0 Å². The predicted octanol–water partition coefficient (Wildman–Crippen LogP) is 5.99. The summed E-state index contributed by atoms with van der Waals surface area (Å²) < 4.78 is 2.12. The van der Waals surface area contributed by atoms with E-state index in [1.54, 1.807) is 11.1 Å². The van der Waals surface area contributed by atoms with E-state index < -0.39 is 6.03 Å². The van der Waals surface area contributed by atoms with Crippen LogP contribution in [-0.4, -0.2) is 22.1 Å². The van der Waals surface area contributed by atoms with E-state index in [9.17, 15) is 4.79 Å². The third-order valence-electron chi connectivity index (χ3n) is 5.58. The van der Waals surface area contributed by atoms with Crippen molar-refractivity contribution in [3.8, 4) is 0 Å². The van der Waals surface area contributed by atoms with E-state index in [0.29, 0.717) is 13.0 Å². The van der Waals surface area contributed by atoms with Gasteiger partial charge >= 0.3 is 6.03 Å². The summed E-state index contributed by atoms with van der Waals surface area (Å²) in [7, 11) is 0. The first-order chi connectivity index (χ1) is 14.3. The molecule has 5 heteroatoms. The predicted molar refractivity (Wildman–Crippen MR) is 125 cm³/mol. The van der Waals surface area contributed by atoms with Crippen LogP contribution in [0.25, 0.3) is 11.0 Å². The Labute approximate surface area is 179 Å². The Kier molecular flexibility index (Phi) is 6.60. The van der Waals surface area contributed by atoms with E-state index in [2.05, 4.69) is 68.1 Å². The van der Waals surface area contributed by atoms with Crippen molar-refractivity contribution in [2.24, 2.45) is 5.73 Å². The molecule has 158 valence electrons. The summed E-state index contributed by atoms with van der Waals surface area (Å²) in [5, 5.41) is 1.07. The van der Waals surface area contributed by atoms with Gasteiger partial charge in [-0.1, -0.05) is 52.0 Å². The first-order valence-electron chi connectivity index (χ1n) is 10.6. The van der Waals surface area contributed by atoms with Gasteiger partial charge in [-0.05, 0) is 47.6 Å². The molecule has 1 atom stereocenters. The number of nitrogens with two attached hydrogens (primary N) is 1. The van der Waals surface area contributed by atoms with Crippen molar-refractivity contribution in [1.82, 2.24) is 9.55 Å². The maximum Gasteiger partial charge on any atom is 0.319 e. The van der Waals surface area contributed by atoms with Crippen LogP contribution in [0, 0.1) is 0 Å². The first-order valence-corrected chi connectivity index (χ1v) is 10.6. The molecular formula is C25H32N4O. The van der Waals surface area contributed by atoms with E-state index in [1.807, 2.05) is 24.4 Å². The number of hydrogen-bond donors (Lipinski definition) is 1. The number of urea groups is 1. The van der Waals surface area contributed by atoms with Gasteiger partial charge in [-0.2, -0.15) is 0 Å². The van der Waals surface area contributed by atoms with E-state index in [-0.39, 0.29) is 17.9 Å². The van der Waals surface area contributed by atoms with Crippen LogP contribution in [0.2, 0.25) is 0 Å². The number of primary amides is 1. The van der Waals surface area contributed by atoms with Gasteiger partial charge in [-0.15, -0.1) is 6.58 Å². The number of para-hydroxylation sites is 1. The second-order valence-corrected chi connectivity index (χ2v) is 8.36. The Bertz CT molecular complexity index is 1010. The number of fused-ring (bicyclic) bond motifs is 1. The van der Waals surface area contributed by atoms with Gasteiger partial charge in [0.1, 0.15) is 5.65 Å². The molecule has 1 unspecified atom stereocenters. The van der Waals surface area contributed by atoms with Crippen molar-refractivity contribution >= 4 is 22.8 Å². The quantitative estimate of drug-likeness (QED) is 0.469. The highest BCUT2D eigenvalue weighted by Crippen LogP contribution is 2.36. The number of allylic oxidation sites excluding steroid dienone is 1. The minimum atomic E-state index is -0.441. The molecule has 0 aliphatic rings. The van der Waals surface area contributed by atoms with Gasteiger partial charge in [0.05, 0.1) is 11.7 Å². The maximum absolute atomic E-state index is 12.7. The molecule has 5 nitrogen and oxygen atoms in total. The van der Waals surface area contributed by atoms with Crippen LogP contribution < -0.4 is 10.6 Å². The third kappa shape index (κ3) is 4.25. The molecule has 3 aromatic rings. The molecule has 0 spiro atoms. The number of hydrogen-bond acceptors (Lipinski definition) is 2. The van der Waals surface area contributed by atoms with Crippen molar-refractivity contribution < 1.29 is 4.79 Å². The maximum atomic E-state index is 12.7. The molecular weight excluding hydrogens is 372 g/mol. The smallest absolute Gasteiger partial charge is 0.319 e. The molecule has 0 aliphatic heterocycles. The van der Waals surface area contributed by atoms with E-state index >= 15 is 0 Å². The number of benzene rings is 1. The Morgan fingerprint density at radius 1 is 1.13 bits per heavy atom. The molecule has 3 rings (SSSR count). The lowest BCUT2D eigenvalue weighted by molar-refractivity contribution is 0.252. The molecule has 0 saturated heterocycles. The SMILES string of the molecule is C=CCC(CN(C(N)=O)c1c(C(C)C)cccc1C(C)C)n1ccc2cccnc21. The lowest BCUT2D eigenvalue weighted by atomic mass is 9.91. The summed E-state index contributed by atoms with van der Waals surface area (Å²) in [5.74, 6) is 0.542. The van der Waals surface area contributed by atoms with Gasteiger partial charge in [0, 0.05) is 24.3 Å². The van der Waals surface area contributed by atoms with Crippen molar-refractivity contribution in [1.29, 1.82) is 0 Å². The molecule has 2 heterocycles. The second kappa shape index (κ2) is 9.16. The lowest BCUT2D eigenvalue weighted by Crippen LogP contribution is -2.41. The molecule has 2 N–H and O–H groups in total. The van der Waals surface area contributed by atoms with Crippen LogP contribution in [0.3, 0.4) is 0 Å². The summed E-state index contributed by atoms with van der Waals surface area (Å²) >= 11 is 0. The summed E-state index contributed by atoms with van der Waals surface area (Å²) in [6, 6.07) is 11.8. The first kappa shape index (κ1) is 21.6. The van der Waals surface area contributed by atoms with Crippen LogP contribution in [0.1, 0.15) is 63.1 Å². The van der Waals surface area contributed by atoms with E-state index in [4.69, 9.17) is 5.73 Å². The zero-order valence-electron chi connectivity index (χ0n) is 18.4. The van der Waals surface area contributed by atoms with Crippen LogP contribution >= 0.6 is 0 Å². The van der Waals surface area contributed by atoms with Gasteiger partial charge < -0.3 is 10.3 Å². The minimum Gasteiger partial charge on any atom is -0.351 e. The summed E-state index contributed by atoms with van der Waals surface area (Å²) in [4.78, 5) is 19.0. The third-order valence-corrected chi connectivity index (χ3v) is 5.58. The van der Waals surface area contributed by atoms with Crippen LogP contribution in [0.15, 0.2) is 61.4 Å². The standard InChI is InChI=1S/C25H32N4O/c1-6-9-20(28-15-13-19-10-8-14-27-24(19)28)16-29(25(26)30)23-21(17(2)3)11-7-12-22(23)18(4)5/h6-8,10-15,17-18,20H,1,9,16H2,2-5H3,(H2,26,30).